The first-order chi connectivity index (χ1) is 10.5. The lowest BCUT2D eigenvalue weighted by atomic mass is 9.98. The van der Waals surface area contributed by atoms with E-state index in [2.05, 4.69) is 5.10 Å². The van der Waals surface area contributed by atoms with Gasteiger partial charge in [-0.15, -0.1) is 0 Å². The van der Waals surface area contributed by atoms with Crippen molar-refractivity contribution in [2.24, 2.45) is 5.92 Å². The van der Waals surface area contributed by atoms with Crippen molar-refractivity contribution in [3.63, 3.8) is 0 Å². The van der Waals surface area contributed by atoms with Crippen LogP contribution >= 0.6 is 0 Å². The summed E-state index contributed by atoms with van der Waals surface area (Å²) in [6, 6.07) is 3.01. The van der Waals surface area contributed by atoms with Gasteiger partial charge in [0.25, 0.3) is 5.56 Å². The van der Waals surface area contributed by atoms with E-state index < -0.39 is 0 Å². The molecule has 0 N–H and O–H groups in total. The fourth-order valence-electron chi connectivity index (χ4n) is 2.55. The highest BCUT2D eigenvalue weighted by Crippen LogP contribution is 2.18. The van der Waals surface area contributed by atoms with Crippen LogP contribution in [0.3, 0.4) is 0 Å². The lowest BCUT2D eigenvalue weighted by Crippen LogP contribution is -2.45. The number of carbonyl (C=O) groups is 2. The predicted octanol–water partition coefficient (Wildman–Crippen LogP) is 0.353. The molecule has 1 atom stereocenters. The molecular formula is C15H21N3O4. The standard InChI is InChI=1S/C15H21N3O4/c1-3-22-15(21)12-5-4-8-17(9-12)14(20)10-18-13(19)7-6-11(2)16-18/h6-7,12H,3-5,8-10H2,1-2H3. The molecular weight excluding hydrogens is 286 g/mol. The minimum atomic E-state index is -0.307. The summed E-state index contributed by atoms with van der Waals surface area (Å²) >= 11 is 0. The highest BCUT2D eigenvalue weighted by molar-refractivity contribution is 5.78. The third-order valence-electron chi connectivity index (χ3n) is 3.68. The third-order valence-corrected chi connectivity index (χ3v) is 3.68. The van der Waals surface area contributed by atoms with Crippen molar-refractivity contribution in [3.05, 3.63) is 28.2 Å². The van der Waals surface area contributed by atoms with Crippen molar-refractivity contribution < 1.29 is 14.3 Å². The molecule has 1 aromatic heterocycles. The fraction of sp³-hybridized carbons (Fsp3) is 0.600. The van der Waals surface area contributed by atoms with Crippen molar-refractivity contribution in [2.75, 3.05) is 19.7 Å². The molecule has 7 nitrogen and oxygen atoms in total. The Hall–Kier alpha value is -2.18. The fourth-order valence-corrected chi connectivity index (χ4v) is 2.55. The van der Waals surface area contributed by atoms with Crippen molar-refractivity contribution >= 4 is 11.9 Å². The quantitative estimate of drug-likeness (QED) is 0.750. The van der Waals surface area contributed by atoms with Crippen LogP contribution in [0.4, 0.5) is 0 Å². The molecule has 120 valence electrons. The summed E-state index contributed by atoms with van der Waals surface area (Å²) in [6.45, 7) is 4.70. The topological polar surface area (TPSA) is 81.5 Å². The van der Waals surface area contributed by atoms with Gasteiger partial charge < -0.3 is 9.64 Å². The summed E-state index contributed by atoms with van der Waals surface area (Å²) in [5.41, 5.74) is 0.369. The van der Waals surface area contributed by atoms with E-state index in [9.17, 15) is 14.4 Å². The van der Waals surface area contributed by atoms with Crippen LogP contribution in [0.1, 0.15) is 25.5 Å². The molecule has 1 amide bonds. The molecule has 1 unspecified atom stereocenters. The van der Waals surface area contributed by atoms with Crippen LogP contribution < -0.4 is 5.56 Å². The molecule has 0 bridgehead atoms. The van der Waals surface area contributed by atoms with Gasteiger partial charge in [0.15, 0.2) is 0 Å². The number of esters is 1. The number of likely N-dealkylation sites (tertiary alicyclic amines) is 1. The average Bonchev–Trinajstić information content (AvgIpc) is 2.51. The van der Waals surface area contributed by atoms with Gasteiger partial charge in [-0.1, -0.05) is 0 Å². The minimum absolute atomic E-state index is 0.101. The Labute approximate surface area is 128 Å². The molecule has 1 fully saturated rings. The molecule has 0 aromatic carbocycles. The van der Waals surface area contributed by atoms with Crippen molar-refractivity contribution in [2.45, 2.75) is 33.2 Å². The Bertz CT molecular complexity index is 611. The first-order valence-electron chi connectivity index (χ1n) is 7.50. The van der Waals surface area contributed by atoms with Crippen LogP contribution in [0.15, 0.2) is 16.9 Å². The molecule has 2 heterocycles. The molecule has 0 saturated carbocycles. The maximum Gasteiger partial charge on any atom is 0.310 e. The number of aromatic nitrogens is 2. The Balaban J connectivity index is 2.01. The number of hydrogen-bond donors (Lipinski definition) is 0. The van der Waals surface area contributed by atoms with E-state index in [1.54, 1.807) is 24.8 Å². The zero-order valence-electron chi connectivity index (χ0n) is 12.9. The Kier molecular flexibility index (Phi) is 5.30. The normalized spacial score (nSPS) is 18.1. The van der Waals surface area contributed by atoms with E-state index >= 15 is 0 Å². The number of hydrogen-bond acceptors (Lipinski definition) is 5. The van der Waals surface area contributed by atoms with Gasteiger partial charge in [0.05, 0.1) is 18.2 Å². The minimum Gasteiger partial charge on any atom is -0.466 e. The summed E-state index contributed by atoms with van der Waals surface area (Å²) in [4.78, 5) is 37.4. The van der Waals surface area contributed by atoms with Crippen molar-refractivity contribution in [1.82, 2.24) is 14.7 Å². The SMILES string of the molecule is CCOC(=O)C1CCCN(C(=O)Cn2nc(C)ccc2=O)C1. The Morgan fingerprint density at radius 2 is 2.18 bits per heavy atom. The van der Waals surface area contributed by atoms with Gasteiger partial charge in [-0.2, -0.15) is 5.10 Å². The zero-order valence-corrected chi connectivity index (χ0v) is 12.9. The van der Waals surface area contributed by atoms with Gasteiger partial charge in [0, 0.05) is 19.2 Å². The van der Waals surface area contributed by atoms with Gasteiger partial charge >= 0.3 is 5.97 Å². The van der Waals surface area contributed by atoms with Gasteiger partial charge in [-0.3, -0.25) is 14.4 Å². The number of rotatable bonds is 4. The lowest BCUT2D eigenvalue weighted by Gasteiger charge is -2.31. The van der Waals surface area contributed by atoms with Crippen LogP contribution in [0, 0.1) is 12.8 Å². The largest absolute Gasteiger partial charge is 0.466 e. The predicted molar refractivity (Wildman–Crippen MR) is 79.2 cm³/mol. The number of carbonyl (C=O) groups excluding carboxylic acids is 2. The number of aryl methyl sites for hydroxylation is 1. The van der Waals surface area contributed by atoms with Crippen LogP contribution in [-0.4, -0.2) is 46.3 Å². The van der Waals surface area contributed by atoms with E-state index in [1.807, 2.05) is 0 Å². The zero-order chi connectivity index (χ0) is 16.1. The molecule has 0 aliphatic carbocycles. The summed E-state index contributed by atoms with van der Waals surface area (Å²) in [5.74, 6) is -0.736. The van der Waals surface area contributed by atoms with Gasteiger partial charge in [-0.25, -0.2) is 4.68 Å². The number of piperidine rings is 1. The van der Waals surface area contributed by atoms with E-state index in [1.165, 1.54) is 6.07 Å². The van der Waals surface area contributed by atoms with Crippen molar-refractivity contribution in [3.8, 4) is 0 Å². The van der Waals surface area contributed by atoms with Gasteiger partial charge in [-0.05, 0) is 32.8 Å². The molecule has 1 aliphatic rings. The van der Waals surface area contributed by atoms with Gasteiger partial charge in [0.1, 0.15) is 6.54 Å². The summed E-state index contributed by atoms with van der Waals surface area (Å²) in [7, 11) is 0. The second kappa shape index (κ2) is 7.20. The average molecular weight is 307 g/mol. The lowest BCUT2D eigenvalue weighted by molar-refractivity contribution is -0.151. The number of ether oxygens (including phenoxy) is 1. The smallest absolute Gasteiger partial charge is 0.310 e. The van der Waals surface area contributed by atoms with Crippen LogP contribution in [0.5, 0.6) is 0 Å². The first kappa shape index (κ1) is 16.2. The monoisotopic (exact) mass is 307 g/mol. The first-order valence-corrected chi connectivity index (χ1v) is 7.50. The molecule has 22 heavy (non-hydrogen) atoms. The van der Waals surface area contributed by atoms with Crippen LogP contribution in [0.25, 0.3) is 0 Å². The second-order valence-electron chi connectivity index (χ2n) is 5.40. The maximum absolute atomic E-state index is 12.3. The highest BCUT2D eigenvalue weighted by atomic mass is 16.5. The number of nitrogens with zero attached hydrogens (tertiary/aromatic N) is 3. The molecule has 2 rings (SSSR count). The number of amides is 1. The van der Waals surface area contributed by atoms with Gasteiger partial charge in [0.2, 0.25) is 5.91 Å². The summed E-state index contributed by atoms with van der Waals surface area (Å²) < 4.78 is 6.18. The molecule has 0 radical (unpaired) electrons. The van der Waals surface area contributed by atoms with Crippen molar-refractivity contribution in [1.29, 1.82) is 0 Å². The Morgan fingerprint density at radius 3 is 2.91 bits per heavy atom. The molecule has 1 aromatic rings. The molecule has 1 aliphatic heterocycles. The maximum atomic E-state index is 12.3. The molecule has 0 spiro atoms. The highest BCUT2D eigenvalue weighted by Gasteiger charge is 2.29. The van der Waals surface area contributed by atoms with Crippen LogP contribution in [0.2, 0.25) is 0 Å². The second-order valence-corrected chi connectivity index (χ2v) is 5.40. The Morgan fingerprint density at radius 1 is 1.41 bits per heavy atom. The molecule has 7 heteroatoms. The van der Waals surface area contributed by atoms with Crippen LogP contribution in [-0.2, 0) is 20.9 Å². The van der Waals surface area contributed by atoms with E-state index in [0.717, 1.165) is 17.5 Å². The summed E-state index contributed by atoms with van der Waals surface area (Å²) in [6.07, 6.45) is 1.48. The third kappa shape index (κ3) is 3.93. The van der Waals surface area contributed by atoms with E-state index in [0.29, 0.717) is 25.4 Å². The molecule has 1 saturated heterocycles. The van der Waals surface area contributed by atoms with E-state index in [-0.39, 0.29) is 29.9 Å². The summed E-state index contributed by atoms with van der Waals surface area (Å²) in [5, 5.41) is 4.06. The van der Waals surface area contributed by atoms with E-state index in [4.69, 9.17) is 4.74 Å².